The fraction of sp³-hybridized carbons (Fsp3) is 0.375. The van der Waals surface area contributed by atoms with Crippen LogP contribution in [0, 0.1) is 0 Å². The van der Waals surface area contributed by atoms with E-state index in [0.29, 0.717) is 12.5 Å². The van der Waals surface area contributed by atoms with Crippen molar-refractivity contribution in [2.45, 2.75) is 13.3 Å². The van der Waals surface area contributed by atoms with Gasteiger partial charge >= 0.3 is 0 Å². The van der Waals surface area contributed by atoms with Gasteiger partial charge in [0, 0.05) is 0 Å². The molecule has 0 saturated heterocycles. The van der Waals surface area contributed by atoms with Crippen molar-refractivity contribution in [2.75, 3.05) is 6.61 Å². The van der Waals surface area contributed by atoms with E-state index in [2.05, 4.69) is 9.97 Å². The van der Waals surface area contributed by atoms with Crippen molar-refractivity contribution < 1.29 is 9.53 Å². The Morgan fingerprint density at radius 1 is 1.62 bits per heavy atom. The van der Waals surface area contributed by atoms with Gasteiger partial charge in [-0.1, -0.05) is 6.92 Å². The minimum Gasteiger partial charge on any atom is -0.477 e. The highest BCUT2D eigenvalue weighted by molar-refractivity contribution is 5.90. The third-order valence-corrected chi connectivity index (χ3v) is 1.32. The summed E-state index contributed by atoms with van der Waals surface area (Å²) in [4.78, 5) is 18.3. The number of carbonyl (C=O) groups excluding carboxylic acids is 1. The molecule has 70 valence electrons. The first kappa shape index (κ1) is 9.44. The first-order valence-electron chi connectivity index (χ1n) is 3.98. The predicted octanol–water partition coefficient (Wildman–Crippen LogP) is 0.364. The van der Waals surface area contributed by atoms with Crippen molar-refractivity contribution in [3.63, 3.8) is 0 Å². The molecule has 1 heterocycles. The average molecular weight is 181 g/mol. The smallest absolute Gasteiger partial charge is 0.269 e. The van der Waals surface area contributed by atoms with Crippen LogP contribution in [-0.4, -0.2) is 22.5 Å². The second-order valence-corrected chi connectivity index (χ2v) is 2.46. The van der Waals surface area contributed by atoms with Crippen molar-refractivity contribution in [2.24, 2.45) is 5.73 Å². The first-order chi connectivity index (χ1) is 6.24. The molecule has 0 aliphatic rings. The molecule has 0 saturated carbocycles. The van der Waals surface area contributed by atoms with Crippen molar-refractivity contribution in [1.82, 2.24) is 9.97 Å². The molecule has 1 aromatic rings. The van der Waals surface area contributed by atoms with Gasteiger partial charge in [0.05, 0.1) is 19.0 Å². The molecule has 0 spiro atoms. The van der Waals surface area contributed by atoms with Crippen LogP contribution in [0.1, 0.15) is 23.8 Å². The number of rotatable bonds is 4. The molecule has 0 radical (unpaired) electrons. The van der Waals surface area contributed by atoms with Gasteiger partial charge in [-0.3, -0.25) is 9.78 Å². The van der Waals surface area contributed by atoms with E-state index in [0.717, 1.165) is 6.42 Å². The maximum absolute atomic E-state index is 10.7. The van der Waals surface area contributed by atoms with E-state index in [-0.39, 0.29) is 5.69 Å². The number of carbonyl (C=O) groups is 1. The molecule has 0 aromatic carbocycles. The molecule has 1 rings (SSSR count). The van der Waals surface area contributed by atoms with Gasteiger partial charge in [0.1, 0.15) is 5.69 Å². The molecule has 13 heavy (non-hydrogen) atoms. The van der Waals surface area contributed by atoms with Gasteiger partial charge in [0.25, 0.3) is 5.91 Å². The summed E-state index contributed by atoms with van der Waals surface area (Å²) in [5.74, 6) is -0.271. The third-order valence-electron chi connectivity index (χ3n) is 1.32. The second kappa shape index (κ2) is 4.39. The lowest BCUT2D eigenvalue weighted by molar-refractivity contribution is 0.0994. The van der Waals surface area contributed by atoms with Crippen molar-refractivity contribution in [1.29, 1.82) is 0 Å². The lowest BCUT2D eigenvalue weighted by Gasteiger charge is -2.02. The fourth-order valence-corrected chi connectivity index (χ4v) is 0.743. The van der Waals surface area contributed by atoms with Crippen LogP contribution >= 0.6 is 0 Å². The van der Waals surface area contributed by atoms with Crippen molar-refractivity contribution >= 4 is 5.91 Å². The minimum absolute atomic E-state index is 0.119. The zero-order valence-corrected chi connectivity index (χ0v) is 7.36. The number of aromatic nitrogens is 2. The number of hydrogen-bond acceptors (Lipinski definition) is 4. The molecule has 1 aromatic heterocycles. The summed E-state index contributed by atoms with van der Waals surface area (Å²) in [7, 11) is 0. The number of primary amides is 1. The zero-order valence-electron chi connectivity index (χ0n) is 7.36. The predicted molar refractivity (Wildman–Crippen MR) is 46.3 cm³/mol. The Hall–Kier alpha value is -1.65. The van der Waals surface area contributed by atoms with E-state index in [1.165, 1.54) is 12.4 Å². The SMILES string of the molecule is CCCOc1cncc(C(N)=O)n1. The Bertz CT molecular complexity index is 301. The van der Waals surface area contributed by atoms with Gasteiger partial charge in [0.2, 0.25) is 5.88 Å². The van der Waals surface area contributed by atoms with Gasteiger partial charge in [0.15, 0.2) is 0 Å². The minimum atomic E-state index is -0.602. The van der Waals surface area contributed by atoms with E-state index < -0.39 is 5.91 Å². The third kappa shape index (κ3) is 2.70. The number of ether oxygens (including phenoxy) is 1. The maximum atomic E-state index is 10.7. The molecular formula is C8H11N3O2. The molecule has 0 fully saturated rings. The molecule has 5 nitrogen and oxygen atoms in total. The highest BCUT2D eigenvalue weighted by atomic mass is 16.5. The molecule has 2 N–H and O–H groups in total. The molecule has 0 bridgehead atoms. The average Bonchev–Trinajstić information content (AvgIpc) is 2.15. The molecule has 0 atom stereocenters. The molecule has 5 heteroatoms. The van der Waals surface area contributed by atoms with Crippen LogP contribution in [0.2, 0.25) is 0 Å². The molecular weight excluding hydrogens is 170 g/mol. The van der Waals surface area contributed by atoms with Crippen LogP contribution < -0.4 is 10.5 Å². The zero-order chi connectivity index (χ0) is 9.68. The lowest BCUT2D eigenvalue weighted by Crippen LogP contribution is -2.14. The Morgan fingerprint density at radius 2 is 2.38 bits per heavy atom. The van der Waals surface area contributed by atoms with E-state index >= 15 is 0 Å². The van der Waals surface area contributed by atoms with Crippen LogP contribution in [0.5, 0.6) is 5.88 Å². The van der Waals surface area contributed by atoms with E-state index in [1.807, 2.05) is 6.92 Å². The highest BCUT2D eigenvalue weighted by Crippen LogP contribution is 2.04. The Kier molecular flexibility index (Phi) is 3.19. The number of nitrogens with zero attached hydrogens (tertiary/aromatic N) is 2. The quantitative estimate of drug-likeness (QED) is 0.727. The van der Waals surface area contributed by atoms with Crippen LogP contribution in [0.25, 0.3) is 0 Å². The Morgan fingerprint density at radius 3 is 3.00 bits per heavy atom. The van der Waals surface area contributed by atoms with Gasteiger partial charge in [-0.2, -0.15) is 0 Å². The molecule has 0 aliphatic carbocycles. The topological polar surface area (TPSA) is 78.1 Å². The summed E-state index contributed by atoms with van der Waals surface area (Å²) < 4.78 is 5.16. The standard InChI is InChI=1S/C8H11N3O2/c1-2-3-13-7-5-10-4-6(11-7)8(9)12/h4-5H,2-3H2,1H3,(H2,9,12). The van der Waals surface area contributed by atoms with Crippen molar-refractivity contribution in [3.05, 3.63) is 18.1 Å². The molecule has 0 unspecified atom stereocenters. The van der Waals surface area contributed by atoms with Gasteiger partial charge in [-0.05, 0) is 6.42 Å². The second-order valence-electron chi connectivity index (χ2n) is 2.46. The monoisotopic (exact) mass is 181 g/mol. The Balaban J connectivity index is 2.73. The summed E-state index contributed by atoms with van der Waals surface area (Å²) in [5, 5.41) is 0. The van der Waals surface area contributed by atoms with Crippen LogP contribution in [0.15, 0.2) is 12.4 Å². The van der Waals surface area contributed by atoms with Crippen LogP contribution in [-0.2, 0) is 0 Å². The Labute approximate surface area is 75.9 Å². The number of nitrogens with two attached hydrogens (primary N) is 1. The summed E-state index contributed by atoms with van der Waals surface area (Å²) in [6, 6.07) is 0. The van der Waals surface area contributed by atoms with Crippen molar-refractivity contribution in [3.8, 4) is 5.88 Å². The first-order valence-corrected chi connectivity index (χ1v) is 3.98. The lowest BCUT2D eigenvalue weighted by atomic mass is 10.4. The van der Waals surface area contributed by atoms with Gasteiger partial charge in [-0.25, -0.2) is 4.98 Å². The summed E-state index contributed by atoms with van der Waals surface area (Å²) in [6.45, 7) is 2.53. The van der Waals surface area contributed by atoms with E-state index in [1.54, 1.807) is 0 Å². The number of amides is 1. The van der Waals surface area contributed by atoms with Gasteiger partial charge in [-0.15, -0.1) is 0 Å². The van der Waals surface area contributed by atoms with Crippen LogP contribution in [0.4, 0.5) is 0 Å². The van der Waals surface area contributed by atoms with Crippen LogP contribution in [0.3, 0.4) is 0 Å². The summed E-state index contributed by atoms with van der Waals surface area (Å²) in [6.07, 6.45) is 3.63. The fourth-order valence-electron chi connectivity index (χ4n) is 0.743. The van der Waals surface area contributed by atoms with Gasteiger partial charge < -0.3 is 10.5 Å². The molecule has 1 amide bonds. The largest absolute Gasteiger partial charge is 0.477 e. The number of hydrogen-bond donors (Lipinski definition) is 1. The maximum Gasteiger partial charge on any atom is 0.269 e. The van der Waals surface area contributed by atoms with E-state index in [4.69, 9.17) is 10.5 Å². The summed E-state index contributed by atoms with van der Waals surface area (Å²) >= 11 is 0. The van der Waals surface area contributed by atoms with E-state index in [9.17, 15) is 4.79 Å². The normalized spacial score (nSPS) is 9.62. The molecule has 0 aliphatic heterocycles. The highest BCUT2D eigenvalue weighted by Gasteiger charge is 2.03. The summed E-state index contributed by atoms with van der Waals surface area (Å²) in [5.41, 5.74) is 5.13.